The molecule has 0 saturated heterocycles. The van der Waals surface area contributed by atoms with Crippen LogP contribution in [0.1, 0.15) is 109 Å². The summed E-state index contributed by atoms with van der Waals surface area (Å²) in [6.45, 7) is 6.94. The minimum atomic E-state index is 1.14. The monoisotopic (exact) mass is 411 g/mol. The van der Waals surface area contributed by atoms with Crippen molar-refractivity contribution >= 4 is 0 Å². The van der Waals surface area contributed by atoms with E-state index < -0.39 is 0 Å². The van der Waals surface area contributed by atoms with Gasteiger partial charge in [0.1, 0.15) is 12.4 Å². The second kappa shape index (κ2) is 16.2. The summed E-state index contributed by atoms with van der Waals surface area (Å²) in [4.78, 5) is 0. The molecule has 0 fully saturated rings. The molecule has 0 radical (unpaired) electrons. The molecule has 0 aliphatic rings. The van der Waals surface area contributed by atoms with Gasteiger partial charge in [0, 0.05) is 6.42 Å². The van der Waals surface area contributed by atoms with Crippen LogP contribution in [-0.2, 0) is 25.9 Å². The van der Waals surface area contributed by atoms with Gasteiger partial charge >= 0.3 is 0 Å². The van der Waals surface area contributed by atoms with E-state index in [2.05, 4.69) is 65.7 Å². The Morgan fingerprint density at radius 2 is 1.30 bits per heavy atom. The van der Waals surface area contributed by atoms with E-state index in [0.29, 0.717) is 0 Å². The Balaban J connectivity index is 1.82. The van der Waals surface area contributed by atoms with Crippen LogP contribution in [0.25, 0.3) is 0 Å². The molecule has 1 aromatic carbocycles. The molecule has 0 spiro atoms. The van der Waals surface area contributed by atoms with Crippen molar-refractivity contribution in [3.63, 3.8) is 0 Å². The van der Waals surface area contributed by atoms with Crippen molar-refractivity contribution in [3.05, 3.63) is 54.1 Å². The van der Waals surface area contributed by atoms with E-state index in [1.165, 1.54) is 108 Å². The first-order valence-corrected chi connectivity index (χ1v) is 13.0. The molecule has 0 unspecified atom stereocenters. The van der Waals surface area contributed by atoms with E-state index in [0.717, 1.165) is 6.54 Å². The molecule has 1 aromatic heterocycles. The molecule has 0 atom stereocenters. The molecule has 2 rings (SSSR count). The maximum absolute atomic E-state index is 2.56. The molecule has 30 heavy (non-hydrogen) atoms. The number of hydrogen-bond acceptors (Lipinski definition) is 0. The summed E-state index contributed by atoms with van der Waals surface area (Å²) < 4.78 is 5.11. The van der Waals surface area contributed by atoms with Gasteiger partial charge < -0.3 is 0 Å². The number of aromatic nitrogens is 2. The van der Waals surface area contributed by atoms with Crippen LogP contribution in [-0.4, -0.2) is 4.57 Å². The topological polar surface area (TPSA) is 8.81 Å². The molecule has 2 heteroatoms. The molecule has 168 valence electrons. The lowest BCUT2D eigenvalue weighted by molar-refractivity contribution is -0.704. The third-order valence-corrected chi connectivity index (χ3v) is 6.30. The molecule has 0 saturated carbocycles. The molecule has 2 nitrogen and oxygen atoms in total. The lowest BCUT2D eigenvalue weighted by Gasteiger charge is -2.07. The zero-order valence-corrected chi connectivity index (χ0v) is 20.0. The molecule has 0 aliphatic heterocycles. The largest absolute Gasteiger partial charge is 0.256 e. The summed E-state index contributed by atoms with van der Waals surface area (Å²) in [5.41, 5.74) is 1.46. The van der Waals surface area contributed by atoms with Crippen LogP contribution in [0.15, 0.2) is 42.7 Å². The maximum atomic E-state index is 2.56. The number of imidazole rings is 1. The van der Waals surface area contributed by atoms with Crippen molar-refractivity contribution in [2.45, 2.75) is 123 Å². The second-order valence-electron chi connectivity index (χ2n) is 8.98. The molecular weight excluding hydrogens is 364 g/mol. The number of benzene rings is 1. The Kier molecular flexibility index (Phi) is 13.3. The Hall–Kier alpha value is -1.57. The lowest BCUT2D eigenvalue weighted by atomic mass is 10.1. The molecule has 2 aromatic rings. The fourth-order valence-electron chi connectivity index (χ4n) is 4.42. The van der Waals surface area contributed by atoms with Crippen LogP contribution in [0.5, 0.6) is 0 Å². The van der Waals surface area contributed by atoms with Crippen molar-refractivity contribution in [1.82, 2.24) is 4.57 Å². The van der Waals surface area contributed by atoms with Gasteiger partial charge in [-0.2, -0.15) is 0 Å². The van der Waals surface area contributed by atoms with Crippen LogP contribution in [0.4, 0.5) is 0 Å². The van der Waals surface area contributed by atoms with Gasteiger partial charge in [-0.3, -0.25) is 0 Å². The maximum Gasteiger partial charge on any atom is 0.256 e. The van der Waals surface area contributed by atoms with Crippen LogP contribution >= 0.6 is 0 Å². The summed E-state index contributed by atoms with van der Waals surface area (Å²) >= 11 is 0. The van der Waals surface area contributed by atoms with Crippen molar-refractivity contribution in [2.24, 2.45) is 0 Å². The Bertz CT molecular complexity index is 644. The Labute approximate surface area is 186 Å². The first-order valence-electron chi connectivity index (χ1n) is 13.0. The quantitative estimate of drug-likeness (QED) is 0.176. The van der Waals surface area contributed by atoms with Gasteiger partial charge in [-0.1, -0.05) is 102 Å². The predicted octanol–water partition coefficient (Wildman–Crippen LogP) is 7.67. The smallest absolute Gasteiger partial charge is 0.234 e. The fourth-order valence-corrected chi connectivity index (χ4v) is 4.42. The second-order valence-corrected chi connectivity index (χ2v) is 8.98. The molecular formula is C28H47N2+. The van der Waals surface area contributed by atoms with E-state index in [1.807, 2.05) is 0 Å². The van der Waals surface area contributed by atoms with Gasteiger partial charge in [0.2, 0.25) is 0 Å². The van der Waals surface area contributed by atoms with Crippen molar-refractivity contribution in [2.75, 3.05) is 0 Å². The average molecular weight is 412 g/mol. The van der Waals surface area contributed by atoms with E-state index in [1.54, 1.807) is 5.82 Å². The highest BCUT2D eigenvalue weighted by Gasteiger charge is 2.16. The van der Waals surface area contributed by atoms with Gasteiger partial charge in [-0.05, 0) is 37.7 Å². The van der Waals surface area contributed by atoms with Crippen LogP contribution in [0.2, 0.25) is 0 Å². The molecule has 0 amide bonds. The van der Waals surface area contributed by atoms with Crippen molar-refractivity contribution < 1.29 is 4.57 Å². The van der Waals surface area contributed by atoms with E-state index in [4.69, 9.17) is 0 Å². The average Bonchev–Trinajstić information content (AvgIpc) is 3.15. The Morgan fingerprint density at radius 1 is 0.667 bits per heavy atom. The minimum absolute atomic E-state index is 1.14. The van der Waals surface area contributed by atoms with Crippen LogP contribution in [0.3, 0.4) is 0 Å². The number of unbranched alkanes of at least 4 members (excludes halogenated alkanes) is 10. The summed E-state index contributed by atoms with van der Waals surface area (Å²) in [6, 6.07) is 10.9. The van der Waals surface area contributed by atoms with Gasteiger partial charge in [-0.15, -0.1) is 0 Å². The lowest BCUT2D eigenvalue weighted by Crippen LogP contribution is -2.37. The zero-order valence-electron chi connectivity index (χ0n) is 20.0. The van der Waals surface area contributed by atoms with Gasteiger partial charge in [-0.25, -0.2) is 9.13 Å². The van der Waals surface area contributed by atoms with Crippen LogP contribution in [0, 0.1) is 0 Å². The summed E-state index contributed by atoms with van der Waals surface area (Å²) in [5.74, 6) is 1.56. The third-order valence-electron chi connectivity index (χ3n) is 6.30. The molecule has 0 bridgehead atoms. The van der Waals surface area contributed by atoms with Gasteiger partial charge in [0.25, 0.3) is 5.82 Å². The molecule has 0 aliphatic carbocycles. The minimum Gasteiger partial charge on any atom is -0.234 e. The van der Waals surface area contributed by atoms with Gasteiger partial charge in [0.15, 0.2) is 0 Å². The first kappa shape index (κ1) is 24.7. The van der Waals surface area contributed by atoms with Crippen LogP contribution < -0.4 is 4.57 Å². The normalized spacial score (nSPS) is 11.3. The first-order chi connectivity index (χ1) is 14.8. The fraction of sp³-hybridized carbons (Fsp3) is 0.679. The Morgan fingerprint density at radius 3 is 2.00 bits per heavy atom. The highest BCUT2D eigenvalue weighted by atomic mass is 15.1. The van der Waals surface area contributed by atoms with Gasteiger partial charge in [0.05, 0.1) is 13.1 Å². The van der Waals surface area contributed by atoms with E-state index in [9.17, 15) is 0 Å². The predicted molar refractivity (Wildman–Crippen MR) is 130 cm³/mol. The standard InChI is InChI=1S/C28H47N2/c1-3-5-7-9-10-12-17-23-29-25-26-30(28(29)22-16-11-8-6-4-2)24-18-21-27-19-14-13-15-20-27/h13-15,19-20,25-26H,3-12,16-18,21-24H2,1-2H3/q+1. The summed E-state index contributed by atoms with van der Waals surface area (Å²) in [6.07, 6.45) is 24.8. The molecule has 0 N–H and O–H groups in total. The number of rotatable bonds is 18. The highest BCUT2D eigenvalue weighted by molar-refractivity contribution is 5.14. The SMILES string of the molecule is CCCCCCCCCn1cc[n+](CCCc2ccccc2)c1CCCCCCC. The number of nitrogens with zero attached hydrogens (tertiary/aromatic N) is 2. The highest BCUT2D eigenvalue weighted by Crippen LogP contribution is 2.11. The van der Waals surface area contributed by atoms with E-state index >= 15 is 0 Å². The third kappa shape index (κ3) is 9.96. The van der Waals surface area contributed by atoms with E-state index in [-0.39, 0.29) is 0 Å². The summed E-state index contributed by atoms with van der Waals surface area (Å²) in [5, 5.41) is 0. The molecule has 1 heterocycles. The zero-order chi connectivity index (χ0) is 21.3. The van der Waals surface area contributed by atoms with Crippen molar-refractivity contribution in [3.8, 4) is 0 Å². The number of aryl methyl sites for hydroxylation is 3. The number of hydrogen-bond donors (Lipinski definition) is 0. The van der Waals surface area contributed by atoms with Crippen molar-refractivity contribution in [1.29, 1.82) is 0 Å². The summed E-state index contributed by atoms with van der Waals surface area (Å²) in [7, 11) is 0.